The van der Waals surface area contributed by atoms with Gasteiger partial charge in [0.25, 0.3) is 0 Å². The zero-order chi connectivity index (χ0) is 13.7. The van der Waals surface area contributed by atoms with Crippen molar-refractivity contribution in [2.45, 2.75) is 32.9 Å². The van der Waals surface area contributed by atoms with Crippen molar-refractivity contribution < 1.29 is 4.39 Å². The van der Waals surface area contributed by atoms with Crippen molar-refractivity contribution in [2.75, 3.05) is 6.54 Å². The van der Waals surface area contributed by atoms with E-state index < -0.39 is 0 Å². The minimum atomic E-state index is -0.167. The predicted molar refractivity (Wildman–Crippen MR) is 74.4 cm³/mol. The molecule has 102 valence electrons. The highest BCUT2D eigenvalue weighted by atomic mass is 19.1. The lowest BCUT2D eigenvalue weighted by molar-refractivity contribution is 0.423. The Morgan fingerprint density at radius 2 is 2.16 bits per heavy atom. The van der Waals surface area contributed by atoms with Crippen LogP contribution < -0.4 is 5.32 Å². The minimum absolute atomic E-state index is 0.0551. The van der Waals surface area contributed by atoms with Crippen LogP contribution in [0.1, 0.15) is 30.5 Å². The van der Waals surface area contributed by atoms with E-state index >= 15 is 0 Å². The summed E-state index contributed by atoms with van der Waals surface area (Å²) in [5.74, 6) is -0.167. The van der Waals surface area contributed by atoms with Crippen LogP contribution in [0.5, 0.6) is 0 Å². The molecule has 0 saturated heterocycles. The Morgan fingerprint density at radius 3 is 2.79 bits per heavy atom. The van der Waals surface area contributed by atoms with E-state index in [-0.39, 0.29) is 11.9 Å². The Bertz CT molecular complexity index is 522. The number of hydrogen-bond acceptors (Lipinski definition) is 2. The van der Waals surface area contributed by atoms with E-state index in [1.54, 1.807) is 6.07 Å². The summed E-state index contributed by atoms with van der Waals surface area (Å²) in [4.78, 5) is 0. The normalized spacial score (nSPS) is 12.6. The Morgan fingerprint density at radius 1 is 1.37 bits per heavy atom. The van der Waals surface area contributed by atoms with Gasteiger partial charge in [0.1, 0.15) is 5.82 Å². The van der Waals surface area contributed by atoms with Crippen molar-refractivity contribution in [1.29, 1.82) is 0 Å². The highest BCUT2D eigenvalue weighted by molar-refractivity contribution is 5.21. The fourth-order valence-electron chi connectivity index (χ4n) is 2.10. The quantitative estimate of drug-likeness (QED) is 0.866. The second kappa shape index (κ2) is 6.48. The van der Waals surface area contributed by atoms with Crippen LogP contribution in [-0.2, 0) is 6.54 Å². The Hall–Kier alpha value is -1.68. The van der Waals surface area contributed by atoms with E-state index in [0.29, 0.717) is 12.1 Å². The average molecular weight is 261 g/mol. The van der Waals surface area contributed by atoms with E-state index in [2.05, 4.69) is 17.3 Å². The van der Waals surface area contributed by atoms with Crippen molar-refractivity contribution in [3.63, 3.8) is 0 Å². The lowest BCUT2D eigenvalue weighted by Gasteiger charge is -2.19. The van der Waals surface area contributed by atoms with E-state index in [1.807, 2.05) is 36.1 Å². The van der Waals surface area contributed by atoms with Gasteiger partial charge < -0.3 is 5.32 Å². The van der Waals surface area contributed by atoms with E-state index in [1.165, 1.54) is 6.07 Å². The third-order valence-corrected chi connectivity index (χ3v) is 3.05. The van der Waals surface area contributed by atoms with Crippen LogP contribution in [0.3, 0.4) is 0 Å². The van der Waals surface area contributed by atoms with Gasteiger partial charge in [-0.05, 0) is 31.5 Å². The number of rotatable bonds is 6. The smallest absolute Gasteiger partial charge is 0.128 e. The molecule has 1 unspecified atom stereocenters. The number of hydrogen-bond donors (Lipinski definition) is 1. The molecule has 0 radical (unpaired) electrons. The molecule has 0 amide bonds. The molecule has 19 heavy (non-hydrogen) atoms. The molecule has 0 bridgehead atoms. The maximum atomic E-state index is 13.9. The molecule has 2 rings (SSSR count). The molecular weight excluding hydrogens is 241 g/mol. The van der Waals surface area contributed by atoms with E-state index in [0.717, 1.165) is 18.5 Å². The first-order valence-corrected chi connectivity index (χ1v) is 6.67. The molecule has 0 aliphatic rings. The third-order valence-electron chi connectivity index (χ3n) is 3.05. The van der Waals surface area contributed by atoms with Crippen LogP contribution in [0.2, 0.25) is 0 Å². The molecule has 1 atom stereocenters. The van der Waals surface area contributed by atoms with Crippen molar-refractivity contribution in [2.24, 2.45) is 0 Å². The lowest BCUT2D eigenvalue weighted by Crippen LogP contribution is -2.27. The number of aromatic nitrogens is 2. The average Bonchev–Trinajstić information content (AvgIpc) is 2.81. The molecule has 4 heteroatoms. The molecule has 1 N–H and O–H groups in total. The van der Waals surface area contributed by atoms with Crippen molar-refractivity contribution >= 4 is 0 Å². The first-order valence-electron chi connectivity index (χ1n) is 6.67. The summed E-state index contributed by atoms with van der Waals surface area (Å²) in [6.45, 7) is 5.60. The molecule has 2 aromatic rings. The third kappa shape index (κ3) is 3.64. The minimum Gasteiger partial charge on any atom is -0.308 e. The topological polar surface area (TPSA) is 29.9 Å². The standard InChI is InChI=1S/C15H20FN3/c1-3-8-17-15(11-19-10-12(2)9-18-19)13-6-4-5-7-14(13)16/h4-7,9-10,15,17H,3,8,11H2,1-2H3. The van der Waals surface area contributed by atoms with Gasteiger partial charge in [-0.3, -0.25) is 4.68 Å². The van der Waals surface area contributed by atoms with Crippen LogP contribution in [-0.4, -0.2) is 16.3 Å². The molecule has 3 nitrogen and oxygen atoms in total. The lowest BCUT2D eigenvalue weighted by atomic mass is 10.1. The molecule has 0 fully saturated rings. The van der Waals surface area contributed by atoms with Crippen LogP contribution in [0.25, 0.3) is 0 Å². The monoisotopic (exact) mass is 261 g/mol. The molecule has 1 aromatic heterocycles. The second-order valence-corrected chi connectivity index (χ2v) is 4.77. The highest BCUT2D eigenvalue weighted by Crippen LogP contribution is 2.18. The summed E-state index contributed by atoms with van der Waals surface area (Å²) < 4.78 is 15.8. The number of nitrogens with zero attached hydrogens (tertiary/aromatic N) is 2. The molecular formula is C15H20FN3. The van der Waals surface area contributed by atoms with Gasteiger partial charge in [-0.15, -0.1) is 0 Å². The number of aryl methyl sites for hydroxylation is 1. The van der Waals surface area contributed by atoms with Crippen LogP contribution >= 0.6 is 0 Å². The predicted octanol–water partition coefficient (Wildman–Crippen LogP) is 3.07. The van der Waals surface area contributed by atoms with Crippen molar-refractivity contribution in [1.82, 2.24) is 15.1 Å². The van der Waals surface area contributed by atoms with Crippen LogP contribution in [0, 0.1) is 12.7 Å². The fourth-order valence-corrected chi connectivity index (χ4v) is 2.10. The zero-order valence-corrected chi connectivity index (χ0v) is 11.4. The summed E-state index contributed by atoms with van der Waals surface area (Å²) in [7, 11) is 0. The molecule has 1 heterocycles. The summed E-state index contributed by atoms with van der Waals surface area (Å²) in [5.41, 5.74) is 1.81. The first-order chi connectivity index (χ1) is 9.20. The van der Waals surface area contributed by atoms with Gasteiger partial charge in [0.2, 0.25) is 0 Å². The SMILES string of the molecule is CCCNC(Cn1cc(C)cn1)c1ccccc1F. The molecule has 0 aliphatic carbocycles. The maximum Gasteiger partial charge on any atom is 0.128 e. The Kier molecular flexibility index (Phi) is 4.68. The van der Waals surface area contributed by atoms with Crippen LogP contribution in [0.4, 0.5) is 4.39 Å². The van der Waals surface area contributed by atoms with Gasteiger partial charge in [0.05, 0.1) is 18.8 Å². The summed E-state index contributed by atoms with van der Waals surface area (Å²) in [6.07, 6.45) is 4.81. The van der Waals surface area contributed by atoms with Gasteiger partial charge in [0, 0.05) is 11.8 Å². The van der Waals surface area contributed by atoms with E-state index in [4.69, 9.17) is 0 Å². The largest absolute Gasteiger partial charge is 0.308 e. The van der Waals surface area contributed by atoms with Gasteiger partial charge in [-0.2, -0.15) is 5.10 Å². The molecule has 1 aromatic carbocycles. The van der Waals surface area contributed by atoms with Crippen molar-refractivity contribution in [3.8, 4) is 0 Å². The van der Waals surface area contributed by atoms with Gasteiger partial charge >= 0.3 is 0 Å². The number of nitrogens with one attached hydrogen (secondary N) is 1. The number of halogens is 1. The van der Waals surface area contributed by atoms with Gasteiger partial charge in [-0.1, -0.05) is 25.1 Å². The Labute approximate surface area is 113 Å². The second-order valence-electron chi connectivity index (χ2n) is 4.77. The fraction of sp³-hybridized carbons (Fsp3) is 0.400. The Balaban J connectivity index is 2.18. The maximum absolute atomic E-state index is 13.9. The van der Waals surface area contributed by atoms with Crippen LogP contribution in [0.15, 0.2) is 36.7 Å². The molecule has 0 saturated carbocycles. The summed E-state index contributed by atoms with van der Waals surface area (Å²) >= 11 is 0. The number of benzene rings is 1. The summed E-state index contributed by atoms with van der Waals surface area (Å²) in [6, 6.07) is 6.87. The van der Waals surface area contributed by atoms with Gasteiger partial charge in [0.15, 0.2) is 0 Å². The van der Waals surface area contributed by atoms with Crippen molar-refractivity contribution in [3.05, 3.63) is 53.6 Å². The zero-order valence-electron chi connectivity index (χ0n) is 11.4. The summed E-state index contributed by atoms with van der Waals surface area (Å²) in [5, 5.41) is 7.66. The molecule has 0 aliphatic heterocycles. The first kappa shape index (κ1) is 13.7. The van der Waals surface area contributed by atoms with E-state index in [9.17, 15) is 4.39 Å². The highest BCUT2D eigenvalue weighted by Gasteiger charge is 2.15. The molecule has 0 spiro atoms. The van der Waals surface area contributed by atoms with Gasteiger partial charge in [-0.25, -0.2) is 4.39 Å².